The lowest BCUT2D eigenvalue weighted by atomic mass is 9.63. The van der Waals surface area contributed by atoms with Crippen LogP contribution in [0.15, 0.2) is 17.0 Å². The molecule has 3 atom stereocenters. The molecule has 0 amide bonds. The maximum atomic E-state index is 13.7. The molecule has 3 fully saturated rings. The van der Waals surface area contributed by atoms with E-state index in [2.05, 4.69) is 4.98 Å². The van der Waals surface area contributed by atoms with Gasteiger partial charge in [0.25, 0.3) is 0 Å². The number of nitrogens with zero attached hydrogens (tertiary/aromatic N) is 2. The fraction of sp³-hybridized carbons (Fsp3) is 0.750. The lowest BCUT2D eigenvalue weighted by Crippen LogP contribution is -2.68. The molecule has 1 aromatic rings. The molecule has 2 saturated carbocycles. The van der Waals surface area contributed by atoms with Crippen molar-refractivity contribution in [2.45, 2.75) is 74.8 Å². The van der Waals surface area contributed by atoms with Crippen molar-refractivity contribution in [3.8, 4) is 5.88 Å². The van der Waals surface area contributed by atoms with Gasteiger partial charge in [0.1, 0.15) is 4.90 Å². The zero-order chi connectivity index (χ0) is 21.0. The second kappa shape index (κ2) is 7.13. The van der Waals surface area contributed by atoms with Crippen molar-refractivity contribution in [3.63, 3.8) is 0 Å². The molecular formula is C20H29F2N3O3S. The number of hydrogen-bond acceptors (Lipinski definition) is 5. The van der Waals surface area contributed by atoms with E-state index in [0.717, 1.165) is 19.3 Å². The molecule has 0 aromatic carbocycles. The van der Waals surface area contributed by atoms with Crippen LogP contribution >= 0.6 is 0 Å². The highest BCUT2D eigenvalue weighted by molar-refractivity contribution is 7.89. The molecule has 9 heteroatoms. The molecule has 1 spiro atoms. The number of ether oxygens (including phenoxy) is 1. The van der Waals surface area contributed by atoms with Gasteiger partial charge in [-0.15, -0.1) is 0 Å². The molecule has 29 heavy (non-hydrogen) atoms. The highest BCUT2D eigenvalue weighted by Crippen LogP contribution is 2.57. The van der Waals surface area contributed by atoms with E-state index in [9.17, 15) is 17.2 Å². The van der Waals surface area contributed by atoms with Crippen LogP contribution in [-0.4, -0.2) is 49.4 Å². The topological polar surface area (TPSA) is 85.5 Å². The SMILES string of the molecule is COc1ccc(S(=O)(=O)N2CC3(CCC(N)C3)C2C2CCC(F)(F)CC2)c(C)n1. The summed E-state index contributed by atoms with van der Waals surface area (Å²) in [7, 11) is -2.30. The van der Waals surface area contributed by atoms with Crippen LogP contribution < -0.4 is 10.5 Å². The van der Waals surface area contributed by atoms with Crippen LogP contribution in [0.2, 0.25) is 0 Å². The van der Waals surface area contributed by atoms with Crippen LogP contribution in [0.1, 0.15) is 50.6 Å². The van der Waals surface area contributed by atoms with E-state index in [1.165, 1.54) is 23.5 Å². The third-order valence-corrected chi connectivity index (χ3v) is 9.07. The van der Waals surface area contributed by atoms with E-state index in [0.29, 0.717) is 31.0 Å². The first kappa shape index (κ1) is 20.9. The molecule has 0 radical (unpaired) electrons. The van der Waals surface area contributed by atoms with Gasteiger partial charge in [0.05, 0.1) is 12.8 Å². The quantitative estimate of drug-likeness (QED) is 0.795. The van der Waals surface area contributed by atoms with Gasteiger partial charge >= 0.3 is 0 Å². The largest absolute Gasteiger partial charge is 0.481 e. The summed E-state index contributed by atoms with van der Waals surface area (Å²) < 4.78 is 61.1. The Morgan fingerprint density at radius 3 is 2.45 bits per heavy atom. The fourth-order valence-corrected chi connectivity index (χ4v) is 7.73. The Hall–Kier alpha value is -1.32. The lowest BCUT2D eigenvalue weighted by Gasteiger charge is -2.59. The predicted octanol–water partition coefficient (Wildman–Crippen LogP) is 3.09. The zero-order valence-electron chi connectivity index (χ0n) is 16.9. The van der Waals surface area contributed by atoms with E-state index < -0.39 is 15.9 Å². The van der Waals surface area contributed by atoms with Crippen LogP contribution in [0.3, 0.4) is 0 Å². The molecule has 3 aliphatic rings. The van der Waals surface area contributed by atoms with E-state index in [1.54, 1.807) is 6.92 Å². The monoisotopic (exact) mass is 429 g/mol. The first-order chi connectivity index (χ1) is 13.6. The number of aromatic nitrogens is 1. The highest BCUT2D eigenvalue weighted by Gasteiger charge is 2.62. The molecule has 1 aromatic heterocycles. The molecule has 2 aliphatic carbocycles. The number of alkyl halides is 2. The highest BCUT2D eigenvalue weighted by atomic mass is 32.2. The Morgan fingerprint density at radius 1 is 1.21 bits per heavy atom. The fourth-order valence-electron chi connectivity index (χ4n) is 5.69. The third kappa shape index (κ3) is 3.55. The molecular weight excluding hydrogens is 400 g/mol. The Balaban J connectivity index is 1.65. The van der Waals surface area contributed by atoms with Crippen LogP contribution in [-0.2, 0) is 10.0 Å². The summed E-state index contributed by atoms with van der Waals surface area (Å²) in [5.74, 6) is -2.34. The molecule has 1 saturated heterocycles. The molecule has 3 unspecified atom stereocenters. The molecule has 162 valence electrons. The van der Waals surface area contributed by atoms with Crippen LogP contribution in [0, 0.1) is 18.3 Å². The Bertz CT molecular complexity index is 885. The van der Waals surface area contributed by atoms with Crippen LogP contribution in [0.5, 0.6) is 5.88 Å². The van der Waals surface area contributed by atoms with E-state index >= 15 is 0 Å². The second-order valence-corrected chi connectivity index (χ2v) is 10.8. The maximum absolute atomic E-state index is 13.7. The zero-order valence-corrected chi connectivity index (χ0v) is 17.7. The van der Waals surface area contributed by atoms with Gasteiger partial charge in [-0.3, -0.25) is 0 Å². The number of nitrogens with two attached hydrogens (primary N) is 1. The van der Waals surface area contributed by atoms with E-state index in [1.807, 2.05) is 0 Å². The minimum atomic E-state index is -3.78. The number of methoxy groups -OCH3 is 1. The summed E-state index contributed by atoms with van der Waals surface area (Å²) in [5, 5.41) is 0. The predicted molar refractivity (Wildman–Crippen MR) is 104 cm³/mol. The van der Waals surface area contributed by atoms with Crippen molar-refractivity contribution >= 4 is 10.0 Å². The Labute approximate surface area is 170 Å². The number of hydrogen-bond donors (Lipinski definition) is 1. The van der Waals surface area contributed by atoms with Crippen molar-refractivity contribution in [3.05, 3.63) is 17.8 Å². The van der Waals surface area contributed by atoms with Gasteiger partial charge in [0.2, 0.25) is 21.8 Å². The average Bonchev–Trinajstić information content (AvgIpc) is 3.05. The van der Waals surface area contributed by atoms with Crippen molar-refractivity contribution in [2.75, 3.05) is 13.7 Å². The van der Waals surface area contributed by atoms with Gasteiger partial charge in [0, 0.05) is 43.0 Å². The van der Waals surface area contributed by atoms with Gasteiger partial charge in [-0.1, -0.05) is 0 Å². The molecule has 0 bridgehead atoms. The number of rotatable bonds is 4. The third-order valence-electron chi connectivity index (χ3n) is 7.11. The Kier molecular flexibility index (Phi) is 5.15. The van der Waals surface area contributed by atoms with Gasteiger partial charge in [-0.25, -0.2) is 22.2 Å². The van der Waals surface area contributed by atoms with Gasteiger partial charge in [-0.05, 0) is 51.0 Å². The van der Waals surface area contributed by atoms with Crippen molar-refractivity contribution in [1.29, 1.82) is 0 Å². The average molecular weight is 430 g/mol. The summed E-state index contributed by atoms with van der Waals surface area (Å²) in [4.78, 5) is 4.36. The van der Waals surface area contributed by atoms with E-state index in [4.69, 9.17) is 10.5 Å². The molecule has 2 heterocycles. The second-order valence-electron chi connectivity index (χ2n) is 8.99. The lowest BCUT2D eigenvalue weighted by molar-refractivity contribution is -0.0954. The summed E-state index contributed by atoms with van der Waals surface area (Å²) in [6, 6.07) is 2.85. The van der Waals surface area contributed by atoms with Gasteiger partial charge < -0.3 is 10.5 Å². The Morgan fingerprint density at radius 2 is 1.90 bits per heavy atom. The molecule has 6 nitrogen and oxygen atoms in total. The van der Waals surface area contributed by atoms with Crippen molar-refractivity contribution < 1.29 is 21.9 Å². The first-order valence-electron chi connectivity index (χ1n) is 10.2. The van der Waals surface area contributed by atoms with Gasteiger partial charge in [-0.2, -0.15) is 4.31 Å². The number of pyridine rings is 1. The summed E-state index contributed by atoms with van der Waals surface area (Å²) in [6.07, 6.45) is 2.83. The summed E-state index contributed by atoms with van der Waals surface area (Å²) in [6.45, 7) is 2.05. The van der Waals surface area contributed by atoms with Crippen LogP contribution in [0.4, 0.5) is 8.78 Å². The van der Waals surface area contributed by atoms with Crippen molar-refractivity contribution in [1.82, 2.24) is 9.29 Å². The normalized spacial score (nSPS) is 33.0. The first-order valence-corrected chi connectivity index (χ1v) is 11.7. The maximum Gasteiger partial charge on any atom is 0.248 e. The van der Waals surface area contributed by atoms with E-state index in [-0.39, 0.29) is 41.2 Å². The van der Waals surface area contributed by atoms with Crippen molar-refractivity contribution in [2.24, 2.45) is 17.1 Å². The molecule has 4 rings (SSSR count). The van der Waals surface area contributed by atoms with Gasteiger partial charge in [0.15, 0.2) is 0 Å². The molecule has 2 N–H and O–H groups in total. The number of halogens is 2. The number of aryl methyl sites for hydroxylation is 1. The number of sulfonamides is 1. The van der Waals surface area contributed by atoms with Crippen LogP contribution in [0.25, 0.3) is 0 Å². The summed E-state index contributed by atoms with van der Waals surface area (Å²) >= 11 is 0. The minimum absolute atomic E-state index is 0.0526. The summed E-state index contributed by atoms with van der Waals surface area (Å²) in [5.41, 5.74) is 6.36. The standard InChI is InChI=1S/C20H29F2N3O3S/c1-13-16(3-4-17(24-13)28-2)29(26,27)25-12-19(8-7-15(23)11-19)18(25)14-5-9-20(21,22)10-6-14/h3-4,14-15,18H,5-12,23H2,1-2H3. The smallest absolute Gasteiger partial charge is 0.248 e. The minimum Gasteiger partial charge on any atom is -0.481 e. The molecule has 1 aliphatic heterocycles.